The lowest BCUT2D eigenvalue weighted by Crippen LogP contribution is -2.44. The molecule has 2 rings (SSSR count). The normalized spacial score (nSPS) is 21.5. The number of benzene rings is 1. The number of carbonyl (C=O) groups is 2. The highest BCUT2D eigenvalue weighted by Crippen LogP contribution is 2.22. The van der Waals surface area contributed by atoms with E-state index >= 15 is 0 Å². The number of hydrogen-bond acceptors (Lipinski definition) is 4. The fourth-order valence-corrected chi connectivity index (χ4v) is 2.27. The first-order chi connectivity index (χ1) is 9.54. The van der Waals surface area contributed by atoms with E-state index in [0.717, 1.165) is 0 Å². The lowest BCUT2D eigenvalue weighted by Gasteiger charge is -2.26. The Morgan fingerprint density at radius 2 is 2.15 bits per heavy atom. The Hall–Kier alpha value is -2.08. The van der Waals surface area contributed by atoms with Gasteiger partial charge in [-0.1, -0.05) is 6.07 Å². The van der Waals surface area contributed by atoms with Gasteiger partial charge in [0.2, 0.25) is 0 Å². The van der Waals surface area contributed by atoms with Crippen molar-refractivity contribution < 1.29 is 24.2 Å². The first-order valence-corrected chi connectivity index (χ1v) is 6.26. The molecule has 1 heterocycles. The molecule has 1 aliphatic rings. The molecule has 0 spiro atoms. The second kappa shape index (κ2) is 5.92. The molecule has 1 aliphatic heterocycles. The molecule has 6 heteroatoms. The van der Waals surface area contributed by atoms with Gasteiger partial charge in [-0.05, 0) is 18.2 Å². The van der Waals surface area contributed by atoms with Crippen molar-refractivity contribution in [1.29, 1.82) is 0 Å². The number of aliphatic carboxylic acids is 1. The van der Waals surface area contributed by atoms with Crippen LogP contribution >= 0.6 is 0 Å². The number of likely N-dealkylation sites (N-methyl/N-ethyl adjacent to an activating group) is 1. The van der Waals surface area contributed by atoms with Gasteiger partial charge < -0.3 is 19.5 Å². The highest BCUT2D eigenvalue weighted by molar-refractivity contribution is 5.95. The molecule has 2 unspecified atom stereocenters. The maximum Gasteiger partial charge on any atom is 0.311 e. The molecule has 1 amide bonds. The van der Waals surface area contributed by atoms with Gasteiger partial charge in [0, 0.05) is 12.6 Å². The number of nitrogens with zero attached hydrogens (tertiary/aromatic N) is 1. The fraction of sp³-hybridized carbons (Fsp3) is 0.429. The van der Waals surface area contributed by atoms with Crippen LogP contribution in [0.3, 0.4) is 0 Å². The van der Waals surface area contributed by atoms with Crippen LogP contribution in [-0.2, 0) is 9.53 Å². The van der Waals surface area contributed by atoms with Gasteiger partial charge in [-0.25, -0.2) is 0 Å². The molecule has 0 aliphatic carbocycles. The molecule has 0 bridgehead atoms. The number of ether oxygens (including phenoxy) is 2. The van der Waals surface area contributed by atoms with Crippen molar-refractivity contribution in [1.82, 2.24) is 4.90 Å². The van der Waals surface area contributed by atoms with Crippen molar-refractivity contribution in [3.8, 4) is 5.75 Å². The van der Waals surface area contributed by atoms with E-state index in [4.69, 9.17) is 14.6 Å². The van der Waals surface area contributed by atoms with Crippen molar-refractivity contribution in [3.05, 3.63) is 29.8 Å². The van der Waals surface area contributed by atoms with Crippen molar-refractivity contribution in [3.63, 3.8) is 0 Å². The SMILES string of the molecule is COc1cccc(C(=O)N(C)C2COCC2C(=O)O)c1. The number of amides is 1. The molecule has 2 atom stereocenters. The van der Waals surface area contributed by atoms with Crippen LogP contribution in [-0.4, -0.2) is 55.3 Å². The monoisotopic (exact) mass is 279 g/mol. The molecule has 20 heavy (non-hydrogen) atoms. The summed E-state index contributed by atoms with van der Waals surface area (Å²) in [6, 6.07) is 6.32. The molecule has 1 fully saturated rings. The quantitative estimate of drug-likeness (QED) is 0.885. The largest absolute Gasteiger partial charge is 0.497 e. The topological polar surface area (TPSA) is 76.1 Å². The standard InChI is InChI=1S/C14H17NO5/c1-15(12-8-20-7-11(12)14(17)18)13(16)9-4-3-5-10(6-9)19-2/h3-6,11-12H,7-8H2,1-2H3,(H,17,18). The average molecular weight is 279 g/mol. The summed E-state index contributed by atoms with van der Waals surface area (Å²) in [5.74, 6) is -1.29. The minimum Gasteiger partial charge on any atom is -0.497 e. The summed E-state index contributed by atoms with van der Waals surface area (Å²) in [6.45, 7) is 0.374. The van der Waals surface area contributed by atoms with Gasteiger partial charge in [0.05, 0.1) is 26.4 Å². The summed E-state index contributed by atoms with van der Waals surface area (Å²) < 4.78 is 10.3. The maximum absolute atomic E-state index is 12.4. The van der Waals surface area contributed by atoms with Crippen molar-refractivity contribution in [2.75, 3.05) is 27.4 Å². The molecule has 108 valence electrons. The second-order valence-electron chi connectivity index (χ2n) is 4.70. The van der Waals surface area contributed by atoms with Crippen LogP contribution in [0.15, 0.2) is 24.3 Å². The minimum atomic E-state index is -0.946. The van der Waals surface area contributed by atoms with E-state index in [1.54, 1.807) is 31.3 Å². The zero-order valence-electron chi connectivity index (χ0n) is 11.4. The summed E-state index contributed by atoms with van der Waals surface area (Å²) in [5.41, 5.74) is 0.461. The van der Waals surface area contributed by atoms with Crippen LogP contribution < -0.4 is 4.74 Å². The molecule has 0 saturated carbocycles. The van der Waals surface area contributed by atoms with Crippen LogP contribution in [0.4, 0.5) is 0 Å². The smallest absolute Gasteiger partial charge is 0.311 e. The van der Waals surface area contributed by atoms with E-state index in [9.17, 15) is 9.59 Å². The molecule has 0 radical (unpaired) electrons. The minimum absolute atomic E-state index is 0.135. The van der Waals surface area contributed by atoms with Gasteiger partial charge in [-0.2, -0.15) is 0 Å². The summed E-state index contributed by atoms with van der Waals surface area (Å²) in [7, 11) is 3.12. The summed E-state index contributed by atoms with van der Waals surface area (Å²) in [5, 5.41) is 9.13. The van der Waals surface area contributed by atoms with Gasteiger partial charge in [0.1, 0.15) is 11.7 Å². The van der Waals surface area contributed by atoms with Crippen LogP contribution in [0.1, 0.15) is 10.4 Å². The van der Waals surface area contributed by atoms with Gasteiger partial charge in [0.15, 0.2) is 0 Å². The van der Waals surface area contributed by atoms with Crippen molar-refractivity contribution >= 4 is 11.9 Å². The Bertz CT molecular complexity index is 516. The Labute approximate surface area is 116 Å². The first-order valence-electron chi connectivity index (χ1n) is 6.26. The second-order valence-corrected chi connectivity index (χ2v) is 4.70. The van der Waals surface area contributed by atoms with Gasteiger partial charge >= 0.3 is 5.97 Å². The van der Waals surface area contributed by atoms with E-state index in [1.165, 1.54) is 12.0 Å². The molecule has 6 nitrogen and oxygen atoms in total. The van der Waals surface area contributed by atoms with E-state index in [2.05, 4.69) is 0 Å². The number of carboxylic acid groups (broad SMARTS) is 1. The zero-order valence-corrected chi connectivity index (χ0v) is 11.4. The first kappa shape index (κ1) is 14.3. The average Bonchev–Trinajstić information content (AvgIpc) is 2.95. The fourth-order valence-electron chi connectivity index (χ4n) is 2.27. The maximum atomic E-state index is 12.4. The molecule has 0 aromatic heterocycles. The summed E-state index contributed by atoms with van der Waals surface area (Å²) in [6.07, 6.45) is 0. The third kappa shape index (κ3) is 2.75. The molecule has 1 aromatic carbocycles. The Morgan fingerprint density at radius 1 is 1.40 bits per heavy atom. The van der Waals surface area contributed by atoms with Gasteiger partial charge in [-0.3, -0.25) is 9.59 Å². The highest BCUT2D eigenvalue weighted by Gasteiger charge is 2.38. The number of carboxylic acids is 1. The number of carbonyl (C=O) groups excluding carboxylic acids is 1. The van der Waals surface area contributed by atoms with Crippen LogP contribution in [0.25, 0.3) is 0 Å². The lowest BCUT2D eigenvalue weighted by atomic mass is 10.0. The van der Waals surface area contributed by atoms with Crippen LogP contribution in [0.2, 0.25) is 0 Å². The van der Waals surface area contributed by atoms with E-state index < -0.39 is 17.9 Å². The third-order valence-electron chi connectivity index (χ3n) is 3.50. The van der Waals surface area contributed by atoms with E-state index in [1.807, 2.05) is 0 Å². The molecule has 1 N–H and O–H groups in total. The zero-order chi connectivity index (χ0) is 14.7. The van der Waals surface area contributed by atoms with Crippen LogP contribution in [0, 0.1) is 5.92 Å². The highest BCUT2D eigenvalue weighted by atomic mass is 16.5. The Kier molecular flexibility index (Phi) is 4.24. The molecular formula is C14H17NO5. The van der Waals surface area contributed by atoms with Crippen molar-refractivity contribution in [2.45, 2.75) is 6.04 Å². The van der Waals surface area contributed by atoms with Gasteiger partial charge in [0.25, 0.3) is 5.91 Å². The number of hydrogen-bond donors (Lipinski definition) is 1. The number of methoxy groups -OCH3 is 1. The number of rotatable bonds is 4. The van der Waals surface area contributed by atoms with Crippen LogP contribution in [0.5, 0.6) is 5.75 Å². The molecule has 1 saturated heterocycles. The van der Waals surface area contributed by atoms with Gasteiger partial charge in [-0.15, -0.1) is 0 Å². The Morgan fingerprint density at radius 3 is 2.80 bits per heavy atom. The third-order valence-corrected chi connectivity index (χ3v) is 3.50. The summed E-state index contributed by atoms with van der Waals surface area (Å²) in [4.78, 5) is 25.0. The lowest BCUT2D eigenvalue weighted by molar-refractivity contribution is -0.142. The molecular weight excluding hydrogens is 262 g/mol. The van der Waals surface area contributed by atoms with E-state index in [0.29, 0.717) is 11.3 Å². The predicted octanol–water partition coefficient (Wildman–Crippen LogP) is 0.867. The molecule has 1 aromatic rings. The van der Waals surface area contributed by atoms with Crippen molar-refractivity contribution in [2.24, 2.45) is 5.92 Å². The van der Waals surface area contributed by atoms with E-state index in [-0.39, 0.29) is 19.1 Å². The predicted molar refractivity (Wildman–Crippen MR) is 70.8 cm³/mol. The summed E-state index contributed by atoms with van der Waals surface area (Å²) >= 11 is 0. The Balaban J connectivity index is 2.17.